The Morgan fingerprint density at radius 1 is 1.47 bits per heavy atom. The summed E-state index contributed by atoms with van der Waals surface area (Å²) in [6.45, 7) is 1.97. The van der Waals surface area contributed by atoms with Gasteiger partial charge in [0, 0.05) is 13.1 Å². The Balaban J connectivity index is 2.01. The second-order valence-electron chi connectivity index (χ2n) is 4.49. The molecule has 1 heterocycles. The van der Waals surface area contributed by atoms with Gasteiger partial charge in [0.15, 0.2) is 6.10 Å². The molecule has 2 atom stereocenters. The molecular formula is C13H18N2O2. The van der Waals surface area contributed by atoms with Crippen LogP contribution in [0.1, 0.15) is 18.1 Å². The maximum atomic E-state index is 12.0. The van der Waals surface area contributed by atoms with E-state index in [1.165, 1.54) is 0 Å². The van der Waals surface area contributed by atoms with Crippen LogP contribution in [0.3, 0.4) is 0 Å². The van der Waals surface area contributed by atoms with Gasteiger partial charge in [-0.2, -0.15) is 0 Å². The molecule has 1 fully saturated rings. The van der Waals surface area contributed by atoms with Crippen LogP contribution in [0.2, 0.25) is 0 Å². The summed E-state index contributed by atoms with van der Waals surface area (Å²) >= 11 is 0. The van der Waals surface area contributed by atoms with Gasteiger partial charge >= 0.3 is 0 Å². The number of hydrogen-bond acceptors (Lipinski definition) is 3. The molecule has 3 N–H and O–H groups in total. The fourth-order valence-electron chi connectivity index (χ4n) is 2.18. The SMILES string of the molecule is NCC1CCN(C(=O)C(O)c2ccccc2)C1. The highest BCUT2D eigenvalue weighted by molar-refractivity contribution is 5.82. The summed E-state index contributed by atoms with van der Waals surface area (Å²) < 4.78 is 0. The van der Waals surface area contributed by atoms with E-state index in [9.17, 15) is 9.90 Å². The van der Waals surface area contributed by atoms with Crippen LogP contribution < -0.4 is 5.73 Å². The van der Waals surface area contributed by atoms with Crippen LogP contribution in [0.25, 0.3) is 0 Å². The van der Waals surface area contributed by atoms with E-state index in [0.717, 1.165) is 6.42 Å². The summed E-state index contributed by atoms with van der Waals surface area (Å²) in [5, 5.41) is 9.99. The van der Waals surface area contributed by atoms with Gasteiger partial charge in [0.05, 0.1) is 0 Å². The van der Waals surface area contributed by atoms with Crippen molar-refractivity contribution in [2.24, 2.45) is 11.7 Å². The van der Waals surface area contributed by atoms with Crippen molar-refractivity contribution in [3.63, 3.8) is 0 Å². The summed E-state index contributed by atoms with van der Waals surface area (Å²) in [5.74, 6) is 0.161. The molecule has 1 aromatic rings. The van der Waals surface area contributed by atoms with Gasteiger partial charge in [0.1, 0.15) is 0 Å². The number of benzene rings is 1. The van der Waals surface area contributed by atoms with E-state index in [2.05, 4.69) is 0 Å². The number of nitrogens with two attached hydrogens (primary N) is 1. The monoisotopic (exact) mass is 234 g/mol. The highest BCUT2D eigenvalue weighted by Crippen LogP contribution is 2.21. The van der Waals surface area contributed by atoms with Crippen molar-refractivity contribution >= 4 is 5.91 Å². The number of likely N-dealkylation sites (tertiary alicyclic amines) is 1. The molecule has 1 saturated heterocycles. The van der Waals surface area contributed by atoms with Crippen molar-refractivity contribution in [3.05, 3.63) is 35.9 Å². The fourth-order valence-corrected chi connectivity index (χ4v) is 2.18. The summed E-state index contributed by atoms with van der Waals surface area (Å²) in [6.07, 6.45) is -0.114. The molecule has 2 unspecified atom stereocenters. The normalized spacial score (nSPS) is 21.5. The number of aliphatic hydroxyl groups is 1. The van der Waals surface area contributed by atoms with Crippen LogP contribution in [0.5, 0.6) is 0 Å². The number of carbonyl (C=O) groups excluding carboxylic acids is 1. The number of nitrogens with zero attached hydrogens (tertiary/aromatic N) is 1. The summed E-state index contributed by atoms with van der Waals surface area (Å²) in [7, 11) is 0. The number of amides is 1. The van der Waals surface area contributed by atoms with Crippen LogP contribution in [0, 0.1) is 5.92 Å². The second kappa shape index (κ2) is 5.29. The molecule has 0 saturated carbocycles. The predicted molar refractivity (Wildman–Crippen MR) is 65.1 cm³/mol. The highest BCUT2D eigenvalue weighted by Gasteiger charge is 2.29. The zero-order valence-corrected chi connectivity index (χ0v) is 9.75. The average molecular weight is 234 g/mol. The second-order valence-corrected chi connectivity index (χ2v) is 4.49. The van der Waals surface area contributed by atoms with Gasteiger partial charge in [0.2, 0.25) is 0 Å². The lowest BCUT2D eigenvalue weighted by molar-refractivity contribution is -0.139. The van der Waals surface area contributed by atoms with Crippen LogP contribution in [0.15, 0.2) is 30.3 Å². The van der Waals surface area contributed by atoms with Gasteiger partial charge in [-0.05, 0) is 24.4 Å². The predicted octanol–water partition coefficient (Wildman–Crippen LogP) is 0.527. The van der Waals surface area contributed by atoms with Gasteiger partial charge in [-0.15, -0.1) is 0 Å². The third kappa shape index (κ3) is 2.65. The minimum Gasteiger partial charge on any atom is -0.378 e. The first kappa shape index (κ1) is 12.1. The van der Waals surface area contributed by atoms with E-state index in [-0.39, 0.29) is 5.91 Å². The molecule has 1 aliphatic heterocycles. The van der Waals surface area contributed by atoms with E-state index < -0.39 is 6.10 Å². The van der Waals surface area contributed by atoms with Crippen molar-refractivity contribution in [3.8, 4) is 0 Å². The maximum absolute atomic E-state index is 12.0. The Hall–Kier alpha value is -1.39. The lowest BCUT2D eigenvalue weighted by atomic mass is 10.1. The lowest BCUT2D eigenvalue weighted by Gasteiger charge is -2.20. The fraction of sp³-hybridized carbons (Fsp3) is 0.462. The molecule has 0 bridgehead atoms. The molecule has 2 rings (SSSR count). The van der Waals surface area contributed by atoms with Crippen LogP contribution in [-0.2, 0) is 4.79 Å². The molecule has 1 aliphatic rings. The number of rotatable bonds is 3. The van der Waals surface area contributed by atoms with Gasteiger partial charge < -0.3 is 15.7 Å². The average Bonchev–Trinajstić information content (AvgIpc) is 2.87. The standard InChI is InChI=1S/C13H18N2O2/c14-8-10-6-7-15(9-10)13(17)12(16)11-4-2-1-3-5-11/h1-5,10,12,16H,6-9,14H2. The van der Waals surface area contributed by atoms with Gasteiger partial charge in [0.25, 0.3) is 5.91 Å². The Morgan fingerprint density at radius 2 is 2.18 bits per heavy atom. The van der Waals surface area contributed by atoms with E-state index >= 15 is 0 Å². The van der Waals surface area contributed by atoms with Gasteiger partial charge in [-0.3, -0.25) is 4.79 Å². The van der Waals surface area contributed by atoms with E-state index in [4.69, 9.17) is 5.73 Å². The smallest absolute Gasteiger partial charge is 0.256 e. The van der Waals surface area contributed by atoms with E-state index in [1.807, 2.05) is 18.2 Å². The lowest BCUT2D eigenvalue weighted by Crippen LogP contribution is -2.34. The van der Waals surface area contributed by atoms with Gasteiger partial charge in [-0.25, -0.2) is 0 Å². The molecule has 4 nitrogen and oxygen atoms in total. The summed E-state index contributed by atoms with van der Waals surface area (Å²) in [6, 6.07) is 9.02. The van der Waals surface area contributed by atoms with E-state index in [0.29, 0.717) is 31.1 Å². The Bertz CT molecular complexity index is 380. The van der Waals surface area contributed by atoms with Crippen LogP contribution in [-0.4, -0.2) is 35.5 Å². The third-order valence-electron chi connectivity index (χ3n) is 3.28. The zero-order chi connectivity index (χ0) is 12.3. The quantitative estimate of drug-likeness (QED) is 0.801. The van der Waals surface area contributed by atoms with Crippen LogP contribution >= 0.6 is 0 Å². The molecule has 0 radical (unpaired) electrons. The van der Waals surface area contributed by atoms with E-state index in [1.54, 1.807) is 17.0 Å². The molecule has 1 aromatic carbocycles. The summed E-state index contributed by atoms with van der Waals surface area (Å²) in [4.78, 5) is 13.7. The molecule has 0 spiro atoms. The first-order chi connectivity index (χ1) is 8.22. The molecular weight excluding hydrogens is 216 g/mol. The zero-order valence-electron chi connectivity index (χ0n) is 9.75. The third-order valence-corrected chi connectivity index (χ3v) is 3.28. The molecule has 0 aromatic heterocycles. The Kier molecular flexibility index (Phi) is 3.76. The minimum atomic E-state index is -1.05. The molecule has 0 aliphatic carbocycles. The largest absolute Gasteiger partial charge is 0.378 e. The van der Waals surface area contributed by atoms with Crippen molar-refractivity contribution in [1.29, 1.82) is 0 Å². The van der Waals surface area contributed by atoms with Crippen molar-refractivity contribution in [1.82, 2.24) is 4.90 Å². The topological polar surface area (TPSA) is 66.6 Å². The minimum absolute atomic E-state index is 0.216. The first-order valence-corrected chi connectivity index (χ1v) is 5.94. The number of carbonyl (C=O) groups is 1. The molecule has 4 heteroatoms. The maximum Gasteiger partial charge on any atom is 0.256 e. The Morgan fingerprint density at radius 3 is 2.76 bits per heavy atom. The Labute approximate surface area is 101 Å². The molecule has 92 valence electrons. The van der Waals surface area contributed by atoms with Crippen molar-refractivity contribution in [2.75, 3.05) is 19.6 Å². The number of aliphatic hydroxyl groups excluding tert-OH is 1. The highest BCUT2D eigenvalue weighted by atomic mass is 16.3. The molecule has 1 amide bonds. The van der Waals surface area contributed by atoms with Gasteiger partial charge in [-0.1, -0.05) is 30.3 Å². The molecule has 17 heavy (non-hydrogen) atoms. The van der Waals surface area contributed by atoms with Crippen molar-refractivity contribution in [2.45, 2.75) is 12.5 Å². The van der Waals surface area contributed by atoms with Crippen LogP contribution in [0.4, 0.5) is 0 Å². The first-order valence-electron chi connectivity index (χ1n) is 5.94. The number of hydrogen-bond donors (Lipinski definition) is 2. The van der Waals surface area contributed by atoms with Crippen molar-refractivity contribution < 1.29 is 9.90 Å². The summed E-state index contributed by atoms with van der Waals surface area (Å²) in [5.41, 5.74) is 6.23.